The molecule has 1 unspecified atom stereocenters. The van der Waals surface area contributed by atoms with Gasteiger partial charge in [-0.15, -0.1) is 0 Å². The van der Waals surface area contributed by atoms with Crippen LogP contribution in [0.15, 0.2) is 42.7 Å². The fourth-order valence-corrected chi connectivity index (χ4v) is 3.04. The van der Waals surface area contributed by atoms with E-state index in [0.717, 1.165) is 37.9 Å². The molecule has 2 aromatic rings. The van der Waals surface area contributed by atoms with Crippen molar-refractivity contribution in [3.63, 3.8) is 0 Å². The molecule has 1 N–H and O–H groups in total. The lowest BCUT2D eigenvalue weighted by molar-refractivity contribution is -0.144. The van der Waals surface area contributed by atoms with E-state index in [2.05, 4.69) is 22.1 Å². The average molecular weight is 299 g/mol. The van der Waals surface area contributed by atoms with Crippen molar-refractivity contribution in [3.8, 4) is 0 Å². The van der Waals surface area contributed by atoms with Crippen LogP contribution in [-0.2, 0) is 17.9 Å². The van der Waals surface area contributed by atoms with E-state index in [-0.39, 0.29) is 6.04 Å². The SMILES string of the molecule is O=C(O)C1CCCCN1Cc1cnn(Cc2ccccc2)c1. The first-order valence-corrected chi connectivity index (χ1v) is 7.74. The summed E-state index contributed by atoms with van der Waals surface area (Å²) in [6.07, 6.45) is 6.67. The zero-order valence-electron chi connectivity index (χ0n) is 12.6. The van der Waals surface area contributed by atoms with Crippen molar-refractivity contribution in [2.45, 2.75) is 38.4 Å². The van der Waals surface area contributed by atoms with Crippen LogP contribution in [0.1, 0.15) is 30.4 Å². The number of hydrogen-bond acceptors (Lipinski definition) is 3. The molecular formula is C17H21N3O2. The number of piperidine rings is 1. The quantitative estimate of drug-likeness (QED) is 0.921. The predicted molar refractivity (Wildman–Crippen MR) is 83.5 cm³/mol. The Hall–Kier alpha value is -2.14. The molecule has 1 fully saturated rings. The Morgan fingerprint density at radius 1 is 1.18 bits per heavy atom. The van der Waals surface area contributed by atoms with E-state index in [0.29, 0.717) is 6.54 Å². The Morgan fingerprint density at radius 3 is 2.77 bits per heavy atom. The third kappa shape index (κ3) is 3.54. The van der Waals surface area contributed by atoms with Gasteiger partial charge in [-0.1, -0.05) is 36.8 Å². The second kappa shape index (κ2) is 6.75. The fourth-order valence-electron chi connectivity index (χ4n) is 3.04. The van der Waals surface area contributed by atoms with E-state index in [1.165, 1.54) is 5.56 Å². The van der Waals surface area contributed by atoms with Gasteiger partial charge in [-0.05, 0) is 24.9 Å². The van der Waals surface area contributed by atoms with E-state index in [9.17, 15) is 9.90 Å². The Morgan fingerprint density at radius 2 is 2.00 bits per heavy atom. The fraction of sp³-hybridized carbons (Fsp3) is 0.412. The monoisotopic (exact) mass is 299 g/mol. The lowest BCUT2D eigenvalue weighted by Gasteiger charge is -2.32. The van der Waals surface area contributed by atoms with Crippen LogP contribution in [0.25, 0.3) is 0 Å². The molecule has 22 heavy (non-hydrogen) atoms. The van der Waals surface area contributed by atoms with Crippen molar-refractivity contribution < 1.29 is 9.90 Å². The van der Waals surface area contributed by atoms with Gasteiger partial charge in [0.25, 0.3) is 0 Å². The summed E-state index contributed by atoms with van der Waals surface area (Å²) in [6, 6.07) is 9.83. The molecule has 0 aliphatic carbocycles. The number of rotatable bonds is 5. The van der Waals surface area contributed by atoms with Gasteiger partial charge < -0.3 is 5.11 Å². The van der Waals surface area contributed by atoms with Crippen molar-refractivity contribution in [1.29, 1.82) is 0 Å². The first-order chi connectivity index (χ1) is 10.7. The van der Waals surface area contributed by atoms with Gasteiger partial charge in [0, 0.05) is 18.3 Å². The summed E-state index contributed by atoms with van der Waals surface area (Å²) in [5, 5.41) is 13.7. The molecule has 1 atom stereocenters. The van der Waals surface area contributed by atoms with Crippen LogP contribution in [0, 0.1) is 0 Å². The van der Waals surface area contributed by atoms with Crippen molar-refractivity contribution in [2.75, 3.05) is 6.54 Å². The Bertz CT molecular complexity index is 624. The number of likely N-dealkylation sites (tertiary alicyclic amines) is 1. The molecule has 2 heterocycles. The van der Waals surface area contributed by atoms with Crippen molar-refractivity contribution in [2.24, 2.45) is 0 Å². The second-order valence-corrected chi connectivity index (χ2v) is 5.85. The Labute approximate surface area is 130 Å². The van der Waals surface area contributed by atoms with Crippen molar-refractivity contribution >= 4 is 5.97 Å². The number of aromatic nitrogens is 2. The van der Waals surface area contributed by atoms with Gasteiger partial charge in [0.15, 0.2) is 0 Å². The van der Waals surface area contributed by atoms with Gasteiger partial charge >= 0.3 is 5.97 Å². The zero-order valence-corrected chi connectivity index (χ0v) is 12.6. The Kier molecular flexibility index (Phi) is 4.53. The smallest absolute Gasteiger partial charge is 0.320 e. The predicted octanol–water partition coefficient (Wildman–Crippen LogP) is 2.37. The first kappa shape index (κ1) is 14.8. The lowest BCUT2D eigenvalue weighted by Crippen LogP contribution is -2.43. The van der Waals surface area contributed by atoms with Gasteiger partial charge in [0.1, 0.15) is 6.04 Å². The number of nitrogens with zero attached hydrogens (tertiary/aromatic N) is 3. The molecule has 1 saturated heterocycles. The minimum atomic E-state index is -0.712. The zero-order chi connectivity index (χ0) is 15.4. The summed E-state index contributed by atoms with van der Waals surface area (Å²) >= 11 is 0. The highest BCUT2D eigenvalue weighted by molar-refractivity contribution is 5.73. The van der Waals surface area contributed by atoms with Crippen LogP contribution in [0.2, 0.25) is 0 Å². The first-order valence-electron chi connectivity index (χ1n) is 7.74. The normalized spacial score (nSPS) is 19.2. The van der Waals surface area contributed by atoms with Gasteiger partial charge in [-0.3, -0.25) is 14.4 Å². The Balaban J connectivity index is 1.65. The molecule has 0 spiro atoms. The molecule has 0 saturated carbocycles. The van der Waals surface area contributed by atoms with Crippen LogP contribution in [0.3, 0.4) is 0 Å². The van der Waals surface area contributed by atoms with Crippen LogP contribution < -0.4 is 0 Å². The molecule has 1 aliphatic rings. The molecule has 5 nitrogen and oxygen atoms in total. The summed E-state index contributed by atoms with van der Waals surface area (Å²) in [7, 11) is 0. The number of carboxylic acid groups (broad SMARTS) is 1. The van der Waals surface area contributed by atoms with Gasteiger partial charge in [0.05, 0.1) is 12.7 Å². The molecule has 0 amide bonds. The molecule has 0 radical (unpaired) electrons. The molecule has 1 aromatic carbocycles. The number of carboxylic acids is 1. The van der Waals surface area contributed by atoms with Gasteiger partial charge in [0.2, 0.25) is 0 Å². The lowest BCUT2D eigenvalue weighted by atomic mass is 10.0. The molecule has 1 aliphatic heterocycles. The minimum absolute atomic E-state index is 0.355. The van der Waals surface area contributed by atoms with Gasteiger partial charge in [-0.25, -0.2) is 0 Å². The number of benzene rings is 1. The largest absolute Gasteiger partial charge is 0.480 e. The van der Waals surface area contributed by atoms with E-state index in [4.69, 9.17) is 0 Å². The molecule has 116 valence electrons. The van der Waals surface area contributed by atoms with Crippen molar-refractivity contribution in [1.82, 2.24) is 14.7 Å². The molecule has 5 heteroatoms. The standard InChI is InChI=1S/C17H21N3O2/c21-17(22)16-8-4-5-9-19(16)11-15-10-18-20(13-15)12-14-6-2-1-3-7-14/h1-3,6-7,10,13,16H,4-5,8-9,11-12H2,(H,21,22). The topological polar surface area (TPSA) is 58.4 Å². The third-order valence-corrected chi connectivity index (χ3v) is 4.16. The highest BCUT2D eigenvalue weighted by atomic mass is 16.4. The number of carbonyl (C=O) groups is 1. The minimum Gasteiger partial charge on any atom is -0.480 e. The van der Waals surface area contributed by atoms with E-state index < -0.39 is 5.97 Å². The van der Waals surface area contributed by atoms with E-state index >= 15 is 0 Å². The maximum absolute atomic E-state index is 11.3. The molecule has 3 rings (SSSR count). The second-order valence-electron chi connectivity index (χ2n) is 5.85. The van der Waals surface area contributed by atoms with E-state index in [1.807, 2.05) is 35.3 Å². The summed E-state index contributed by atoms with van der Waals surface area (Å²) < 4.78 is 1.91. The van der Waals surface area contributed by atoms with Crippen LogP contribution in [0.4, 0.5) is 0 Å². The van der Waals surface area contributed by atoms with E-state index in [1.54, 1.807) is 0 Å². The number of aliphatic carboxylic acids is 1. The molecule has 1 aromatic heterocycles. The summed E-state index contributed by atoms with van der Waals surface area (Å²) in [5.74, 6) is -0.712. The van der Waals surface area contributed by atoms with Gasteiger partial charge in [-0.2, -0.15) is 5.10 Å². The highest BCUT2D eigenvalue weighted by Gasteiger charge is 2.28. The van der Waals surface area contributed by atoms with Crippen LogP contribution >= 0.6 is 0 Å². The maximum atomic E-state index is 11.3. The average Bonchev–Trinajstić information content (AvgIpc) is 2.96. The summed E-state index contributed by atoms with van der Waals surface area (Å²) in [5.41, 5.74) is 2.28. The highest BCUT2D eigenvalue weighted by Crippen LogP contribution is 2.19. The summed E-state index contributed by atoms with van der Waals surface area (Å²) in [4.78, 5) is 13.4. The number of hydrogen-bond donors (Lipinski definition) is 1. The summed E-state index contributed by atoms with van der Waals surface area (Å²) in [6.45, 7) is 2.25. The molecular weight excluding hydrogens is 278 g/mol. The molecule has 0 bridgehead atoms. The van der Waals surface area contributed by atoms with Crippen LogP contribution in [0.5, 0.6) is 0 Å². The van der Waals surface area contributed by atoms with Crippen molar-refractivity contribution in [3.05, 3.63) is 53.9 Å². The third-order valence-electron chi connectivity index (χ3n) is 4.16. The van der Waals surface area contributed by atoms with Crippen LogP contribution in [-0.4, -0.2) is 38.3 Å². The maximum Gasteiger partial charge on any atom is 0.320 e.